The highest BCUT2D eigenvalue weighted by atomic mass is 16.5. The Hall–Kier alpha value is -1.34. The minimum absolute atomic E-state index is 0.00485. The number of hydrogen-bond donors (Lipinski definition) is 2. The molecule has 0 aromatic carbocycles. The Morgan fingerprint density at radius 3 is 2.71 bits per heavy atom. The molecule has 0 radical (unpaired) electrons. The lowest BCUT2D eigenvalue weighted by Crippen LogP contribution is -2.49. The zero-order valence-electron chi connectivity index (χ0n) is 12.7. The van der Waals surface area contributed by atoms with Gasteiger partial charge in [-0.05, 0) is 12.5 Å². The number of carbonyl (C=O) groups is 2. The molecule has 2 amide bonds. The number of morpholine rings is 1. The van der Waals surface area contributed by atoms with E-state index in [1.54, 1.807) is 4.90 Å². The number of carboxylic acids is 1. The highest BCUT2D eigenvalue weighted by Gasteiger charge is 2.37. The van der Waals surface area contributed by atoms with Gasteiger partial charge in [0, 0.05) is 32.7 Å². The molecule has 2 aliphatic heterocycles. The highest BCUT2D eigenvalue weighted by Crippen LogP contribution is 2.22. The van der Waals surface area contributed by atoms with Gasteiger partial charge in [-0.3, -0.25) is 9.69 Å². The summed E-state index contributed by atoms with van der Waals surface area (Å²) in [5.74, 6) is -1.29. The number of carboxylic acid groups (broad SMARTS) is 1. The number of likely N-dealkylation sites (N-methyl/N-ethyl adjacent to an activating group) is 1. The van der Waals surface area contributed by atoms with Crippen molar-refractivity contribution in [1.82, 2.24) is 15.1 Å². The monoisotopic (exact) mass is 299 g/mol. The summed E-state index contributed by atoms with van der Waals surface area (Å²) in [5, 5.41) is 12.0. The Bertz CT molecular complexity index is 390. The van der Waals surface area contributed by atoms with Crippen LogP contribution in [0, 0.1) is 11.8 Å². The van der Waals surface area contributed by atoms with Gasteiger partial charge in [-0.25, -0.2) is 4.79 Å². The van der Waals surface area contributed by atoms with Crippen molar-refractivity contribution in [2.75, 3.05) is 45.9 Å². The number of likely N-dealkylation sites (tertiary alicyclic amines) is 1. The van der Waals surface area contributed by atoms with Crippen LogP contribution in [-0.4, -0.2) is 78.9 Å². The molecule has 0 aromatic heterocycles. The van der Waals surface area contributed by atoms with Crippen molar-refractivity contribution in [3.63, 3.8) is 0 Å². The molecule has 7 heteroatoms. The minimum Gasteiger partial charge on any atom is -0.481 e. The van der Waals surface area contributed by atoms with Crippen molar-refractivity contribution >= 4 is 12.0 Å². The summed E-state index contributed by atoms with van der Waals surface area (Å²) < 4.78 is 5.63. The molecule has 120 valence electrons. The zero-order valence-corrected chi connectivity index (χ0v) is 12.7. The van der Waals surface area contributed by atoms with E-state index in [2.05, 4.69) is 17.1 Å². The first-order valence-electron chi connectivity index (χ1n) is 7.60. The van der Waals surface area contributed by atoms with E-state index in [0.29, 0.717) is 19.7 Å². The molecule has 7 nitrogen and oxygen atoms in total. The summed E-state index contributed by atoms with van der Waals surface area (Å²) in [4.78, 5) is 27.1. The van der Waals surface area contributed by atoms with Crippen LogP contribution in [0.5, 0.6) is 0 Å². The Kier molecular flexibility index (Phi) is 5.41. The second-order valence-corrected chi connectivity index (χ2v) is 5.90. The Morgan fingerprint density at radius 2 is 2.10 bits per heavy atom. The minimum atomic E-state index is -0.827. The van der Waals surface area contributed by atoms with Crippen LogP contribution in [0.1, 0.15) is 13.8 Å². The number of ether oxygens (including phenoxy) is 1. The molecule has 2 saturated heterocycles. The van der Waals surface area contributed by atoms with E-state index >= 15 is 0 Å². The normalized spacial score (nSPS) is 30.4. The SMILES string of the molecule is CCN1CCOC(CNC(=O)N2C[C@@H](C)[C@H](C(=O)O)C2)C1. The van der Waals surface area contributed by atoms with E-state index in [1.807, 2.05) is 6.92 Å². The molecule has 0 aliphatic carbocycles. The van der Waals surface area contributed by atoms with Gasteiger partial charge in [0.15, 0.2) is 0 Å². The van der Waals surface area contributed by atoms with Crippen LogP contribution in [-0.2, 0) is 9.53 Å². The van der Waals surface area contributed by atoms with Crippen molar-refractivity contribution in [2.45, 2.75) is 20.0 Å². The summed E-state index contributed by atoms with van der Waals surface area (Å²) in [7, 11) is 0. The van der Waals surface area contributed by atoms with Crippen molar-refractivity contribution in [3.8, 4) is 0 Å². The summed E-state index contributed by atoms with van der Waals surface area (Å²) >= 11 is 0. The van der Waals surface area contributed by atoms with Crippen molar-refractivity contribution in [1.29, 1.82) is 0 Å². The largest absolute Gasteiger partial charge is 0.481 e. The average Bonchev–Trinajstić information content (AvgIpc) is 2.87. The molecule has 0 aromatic rings. The number of carbonyl (C=O) groups excluding carboxylic acids is 1. The van der Waals surface area contributed by atoms with Crippen LogP contribution < -0.4 is 5.32 Å². The lowest BCUT2D eigenvalue weighted by Gasteiger charge is -2.32. The van der Waals surface area contributed by atoms with Gasteiger partial charge in [0.1, 0.15) is 0 Å². The van der Waals surface area contributed by atoms with Crippen LogP contribution in [0.15, 0.2) is 0 Å². The third-order valence-corrected chi connectivity index (χ3v) is 4.37. The molecule has 2 fully saturated rings. The number of rotatable bonds is 4. The molecule has 3 atom stereocenters. The predicted octanol–water partition coefficient (Wildman–Crippen LogP) is 0.0692. The van der Waals surface area contributed by atoms with Crippen LogP contribution in [0.4, 0.5) is 4.79 Å². The zero-order chi connectivity index (χ0) is 15.4. The molecule has 0 bridgehead atoms. The first-order chi connectivity index (χ1) is 10.0. The third kappa shape index (κ3) is 4.07. The van der Waals surface area contributed by atoms with Crippen LogP contribution in [0.25, 0.3) is 0 Å². The number of nitrogens with zero attached hydrogens (tertiary/aromatic N) is 2. The molecule has 2 heterocycles. The van der Waals surface area contributed by atoms with E-state index < -0.39 is 11.9 Å². The maximum Gasteiger partial charge on any atom is 0.317 e. The van der Waals surface area contributed by atoms with Crippen LogP contribution in [0.3, 0.4) is 0 Å². The Balaban J connectivity index is 1.76. The van der Waals surface area contributed by atoms with E-state index in [9.17, 15) is 9.59 Å². The quantitative estimate of drug-likeness (QED) is 0.767. The number of amides is 2. The Labute approximate surface area is 125 Å². The molecule has 1 unspecified atom stereocenters. The summed E-state index contributed by atoms with van der Waals surface area (Å²) in [6, 6.07) is -0.192. The van der Waals surface area contributed by atoms with E-state index in [0.717, 1.165) is 19.6 Å². The smallest absolute Gasteiger partial charge is 0.317 e. The fourth-order valence-corrected chi connectivity index (χ4v) is 2.96. The fraction of sp³-hybridized carbons (Fsp3) is 0.857. The van der Waals surface area contributed by atoms with Gasteiger partial charge < -0.3 is 20.1 Å². The van der Waals surface area contributed by atoms with E-state index in [-0.39, 0.29) is 24.6 Å². The standard InChI is InChI=1S/C14H25N3O4/c1-3-16-4-5-21-11(8-16)6-15-14(20)17-7-10(2)12(9-17)13(18)19/h10-12H,3-9H2,1-2H3,(H,15,20)(H,18,19)/t10-,11?,12-/m1/s1. The van der Waals surface area contributed by atoms with Crippen LogP contribution in [0.2, 0.25) is 0 Å². The maximum absolute atomic E-state index is 12.1. The molecule has 0 saturated carbocycles. The molecular weight excluding hydrogens is 274 g/mol. The molecular formula is C14H25N3O4. The van der Waals surface area contributed by atoms with Crippen LogP contribution >= 0.6 is 0 Å². The third-order valence-electron chi connectivity index (χ3n) is 4.37. The van der Waals surface area contributed by atoms with E-state index in [1.165, 1.54) is 0 Å². The number of hydrogen-bond acceptors (Lipinski definition) is 4. The topological polar surface area (TPSA) is 82.1 Å². The van der Waals surface area contributed by atoms with Crippen molar-refractivity contribution in [3.05, 3.63) is 0 Å². The second-order valence-electron chi connectivity index (χ2n) is 5.90. The highest BCUT2D eigenvalue weighted by molar-refractivity contribution is 5.77. The Morgan fingerprint density at radius 1 is 1.33 bits per heavy atom. The second kappa shape index (κ2) is 7.09. The van der Waals surface area contributed by atoms with Gasteiger partial charge in [0.2, 0.25) is 0 Å². The first kappa shape index (κ1) is 16.0. The molecule has 0 spiro atoms. The van der Waals surface area contributed by atoms with Gasteiger partial charge in [-0.2, -0.15) is 0 Å². The molecule has 2 aliphatic rings. The fourth-order valence-electron chi connectivity index (χ4n) is 2.96. The number of nitrogens with one attached hydrogen (secondary N) is 1. The summed E-state index contributed by atoms with van der Waals surface area (Å²) in [6.07, 6.45) is 0.0120. The van der Waals surface area contributed by atoms with Crippen molar-refractivity contribution in [2.24, 2.45) is 11.8 Å². The molecule has 2 N–H and O–H groups in total. The predicted molar refractivity (Wildman–Crippen MR) is 77.1 cm³/mol. The average molecular weight is 299 g/mol. The number of urea groups is 1. The number of aliphatic carboxylic acids is 1. The molecule has 21 heavy (non-hydrogen) atoms. The summed E-state index contributed by atoms with van der Waals surface area (Å²) in [5.41, 5.74) is 0. The van der Waals surface area contributed by atoms with Gasteiger partial charge in [0.25, 0.3) is 0 Å². The molecule has 2 rings (SSSR count). The van der Waals surface area contributed by atoms with E-state index in [4.69, 9.17) is 9.84 Å². The van der Waals surface area contributed by atoms with Gasteiger partial charge in [-0.1, -0.05) is 13.8 Å². The maximum atomic E-state index is 12.1. The van der Waals surface area contributed by atoms with Gasteiger partial charge in [0.05, 0.1) is 18.6 Å². The van der Waals surface area contributed by atoms with Gasteiger partial charge >= 0.3 is 12.0 Å². The van der Waals surface area contributed by atoms with Gasteiger partial charge in [-0.15, -0.1) is 0 Å². The summed E-state index contributed by atoms with van der Waals surface area (Å²) in [6.45, 7) is 8.67. The first-order valence-corrected chi connectivity index (χ1v) is 7.60. The lowest BCUT2D eigenvalue weighted by atomic mass is 9.99. The lowest BCUT2D eigenvalue weighted by molar-refractivity contribution is -0.142. The van der Waals surface area contributed by atoms with Crippen molar-refractivity contribution < 1.29 is 19.4 Å².